The molecule has 0 aliphatic rings. The van der Waals surface area contributed by atoms with Gasteiger partial charge in [0.15, 0.2) is 0 Å². The molecule has 6 heteroatoms. The minimum absolute atomic E-state index is 0.0894. The van der Waals surface area contributed by atoms with E-state index in [2.05, 4.69) is 73.9 Å². The van der Waals surface area contributed by atoms with Crippen LogP contribution in [0.1, 0.15) is 50.7 Å². The average molecular weight is 507 g/mol. The highest BCUT2D eigenvalue weighted by molar-refractivity contribution is 5.71. The van der Waals surface area contributed by atoms with Crippen molar-refractivity contribution in [2.24, 2.45) is 0 Å². The number of benzene rings is 2. The molecule has 0 fully saturated rings. The van der Waals surface area contributed by atoms with Gasteiger partial charge < -0.3 is 18.9 Å². The molecule has 0 spiro atoms. The van der Waals surface area contributed by atoms with Gasteiger partial charge in [0.05, 0.1) is 12.5 Å². The lowest BCUT2D eigenvalue weighted by Crippen LogP contribution is -2.18. The van der Waals surface area contributed by atoms with Gasteiger partial charge in [0.25, 0.3) is 0 Å². The highest BCUT2D eigenvalue weighted by Gasteiger charge is 2.23. The average Bonchev–Trinajstić information content (AvgIpc) is 2.90. The van der Waals surface area contributed by atoms with E-state index in [0.29, 0.717) is 26.1 Å². The third-order valence-electron chi connectivity index (χ3n) is 5.33. The Bertz CT molecular complexity index is 921. The number of unbranched alkanes of at least 4 members (excludes halogenated alkanes) is 1. The molecule has 0 saturated heterocycles. The van der Waals surface area contributed by atoms with Crippen molar-refractivity contribution in [2.75, 3.05) is 13.2 Å². The Morgan fingerprint density at radius 1 is 0.676 bits per heavy atom. The molecule has 0 aliphatic carbocycles. The number of ether oxygens (including phenoxy) is 4. The first kappa shape index (κ1) is 31.0. The maximum Gasteiger partial charge on any atom is 0.310 e. The fraction of sp³-hybridized carbons (Fsp3) is 0.290. The van der Waals surface area contributed by atoms with E-state index in [1.54, 1.807) is 12.2 Å². The first-order valence-corrected chi connectivity index (χ1v) is 12.1. The van der Waals surface area contributed by atoms with Crippen LogP contribution in [-0.2, 0) is 24.5 Å². The van der Waals surface area contributed by atoms with Gasteiger partial charge >= 0.3 is 11.9 Å². The Kier molecular flexibility index (Phi) is 14.6. The lowest BCUT2D eigenvalue weighted by Gasteiger charge is -2.26. The van der Waals surface area contributed by atoms with Gasteiger partial charge in [-0.2, -0.15) is 0 Å². The molecule has 2 aromatic carbocycles. The predicted octanol–water partition coefficient (Wildman–Crippen LogP) is 7.06. The number of esters is 2. The van der Waals surface area contributed by atoms with Crippen molar-refractivity contribution in [1.29, 1.82) is 0 Å². The van der Waals surface area contributed by atoms with E-state index in [0.717, 1.165) is 24.0 Å². The maximum atomic E-state index is 10.8. The van der Waals surface area contributed by atoms with Crippen LogP contribution in [0.15, 0.2) is 99.5 Å². The van der Waals surface area contributed by atoms with Gasteiger partial charge in [-0.3, -0.25) is 9.59 Å². The Balaban J connectivity index is 0.000000422. The van der Waals surface area contributed by atoms with Gasteiger partial charge in [-0.1, -0.05) is 76.6 Å². The van der Waals surface area contributed by atoms with Crippen LogP contribution in [0.3, 0.4) is 0 Å². The molecule has 0 saturated carbocycles. The summed E-state index contributed by atoms with van der Waals surface area (Å²) in [6.45, 7) is 19.3. The summed E-state index contributed by atoms with van der Waals surface area (Å²) < 4.78 is 20.1. The summed E-state index contributed by atoms with van der Waals surface area (Å²) >= 11 is 0. The molecule has 0 amide bonds. The van der Waals surface area contributed by atoms with E-state index >= 15 is 0 Å². The van der Waals surface area contributed by atoms with Crippen molar-refractivity contribution in [3.63, 3.8) is 0 Å². The zero-order chi connectivity index (χ0) is 27.5. The molecule has 0 bridgehead atoms. The van der Waals surface area contributed by atoms with Gasteiger partial charge in [-0.05, 0) is 48.2 Å². The second kappa shape index (κ2) is 17.4. The summed E-state index contributed by atoms with van der Waals surface area (Å²) in [7, 11) is 0. The Hall–Kier alpha value is -4.06. The third kappa shape index (κ3) is 12.0. The van der Waals surface area contributed by atoms with Crippen molar-refractivity contribution in [3.8, 4) is 11.5 Å². The van der Waals surface area contributed by atoms with E-state index < -0.39 is 0 Å². The lowest BCUT2D eigenvalue weighted by molar-refractivity contribution is -0.140. The second-order valence-electron chi connectivity index (χ2n) is 8.39. The summed E-state index contributed by atoms with van der Waals surface area (Å²) in [5, 5.41) is 0. The number of hydrogen-bond donors (Lipinski definition) is 0. The van der Waals surface area contributed by atoms with Crippen LogP contribution in [0, 0.1) is 0 Å². The van der Waals surface area contributed by atoms with E-state index in [4.69, 9.17) is 9.47 Å². The normalized spacial score (nSPS) is 10.1. The third-order valence-corrected chi connectivity index (χ3v) is 5.33. The molecular formula is C31H38O6. The largest absolute Gasteiger partial charge is 0.490 e. The van der Waals surface area contributed by atoms with Crippen LogP contribution in [0.4, 0.5) is 0 Å². The molecule has 0 atom stereocenters. The number of hydrogen-bond acceptors (Lipinski definition) is 6. The Morgan fingerprint density at radius 3 is 1.32 bits per heavy atom. The molecule has 0 heterocycles. The van der Waals surface area contributed by atoms with Crippen LogP contribution in [-0.4, -0.2) is 25.2 Å². The summed E-state index contributed by atoms with van der Waals surface area (Å²) in [6, 6.07) is 16.5. The monoisotopic (exact) mass is 506 g/mol. The van der Waals surface area contributed by atoms with Crippen LogP contribution in [0.2, 0.25) is 0 Å². The maximum absolute atomic E-state index is 10.8. The molecule has 0 unspecified atom stereocenters. The fourth-order valence-electron chi connectivity index (χ4n) is 3.26. The minimum atomic E-state index is -0.336. The van der Waals surface area contributed by atoms with Crippen molar-refractivity contribution < 1.29 is 28.5 Å². The van der Waals surface area contributed by atoms with Crippen molar-refractivity contribution in [1.82, 2.24) is 0 Å². The van der Waals surface area contributed by atoms with Crippen LogP contribution < -0.4 is 9.47 Å². The summed E-state index contributed by atoms with van der Waals surface area (Å²) in [4.78, 5) is 21.6. The van der Waals surface area contributed by atoms with E-state index in [-0.39, 0.29) is 30.2 Å². The van der Waals surface area contributed by atoms with E-state index in [9.17, 15) is 9.59 Å². The SMILES string of the molecule is C=CCOc1ccc(C(C)(C)c2ccc(OCC=C)cc2)cc1.C=COC(=O)CCCCC(=O)OC=C. The second-order valence-corrected chi connectivity index (χ2v) is 8.39. The number of carbonyl (C=O) groups is 2. The molecular weight excluding hydrogens is 468 g/mol. The summed E-state index contributed by atoms with van der Waals surface area (Å²) in [5.41, 5.74) is 2.39. The van der Waals surface area contributed by atoms with Crippen molar-refractivity contribution >= 4 is 11.9 Å². The highest BCUT2D eigenvalue weighted by atomic mass is 16.5. The first-order valence-electron chi connectivity index (χ1n) is 12.1. The molecule has 37 heavy (non-hydrogen) atoms. The predicted molar refractivity (Wildman–Crippen MR) is 147 cm³/mol. The highest BCUT2D eigenvalue weighted by Crippen LogP contribution is 2.33. The molecule has 6 nitrogen and oxygen atoms in total. The molecule has 0 radical (unpaired) electrons. The lowest BCUT2D eigenvalue weighted by atomic mass is 9.78. The van der Waals surface area contributed by atoms with E-state index in [1.165, 1.54) is 11.1 Å². The molecule has 198 valence electrons. The Morgan fingerprint density at radius 2 is 1.03 bits per heavy atom. The van der Waals surface area contributed by atoms with Crippen molar-refractivity contribution in [3.05, 3.63) is 111 Å². The van der Waals surface area contributed by atoms with Crippen LogP contribution in [0.5, 0.6) is 11.5 Å². The molecule has 2 aromatic rings. The first-order chi connectivity index (χ1) is 17.8. The molecule has 0 N–H and O–H groups in total. The van der Waals surface area contributed by atoms with Gasteiger partial charge in [-0.15, -0.1) is 0 Å². The zero-order valence-corrected chi connectivity index (χ0v) is 21.9. The van der Waals surface area contributed by atoms with Gasteiger partial charge in [-0.25, -0.2) is 0 Å². The van der Waals surface area contributed by atoms with Gasteiger partial charge in [0, 0.05) is 18.3 Å². The Labute approximate surface area is 220 Å². The van der Waals surface area contributed by atoms with E-state index in [1.807, 2.05) is 24.3 Å². The molecule has 0 aliphatic heterocycles. The molecule has 2 rings (SSSR count). The van der Waals surface area contributed by atoms with Crippen LogP contribution >= 0.6 is 0 Å². The minimum Gasteiger partial charge on any atom is -0.490 e. The van der Waals surface area contributed by atoms with Crippen LogP contribution in [0.25, 0.3) is 0 Å². The number of rotatable bonds is 15. The quantitative estimate of drug-likeness (QED) is 0.111. The topological polar surface area (TPSA) is 71.1 Å². The smallest absolute Gasteiger partial charge is 0.310 e. The van der Waals surface area contributed by atoms with Gasteiger partial charge in [0.1, 0.15) is 24.7 Å². The summed E-state index contributed by atoms with van der Waals surface area (Å²) in [5.74, 6) is 1.05. The fourth-order valence-corrected chi connectivity index (χ4v) is 3.26. The van der Waals surface area contributed by atoms with Crippen molar-refractivity contribution in [2.45, 2.75) is 44.9 Å². The molecule has 0 aromatic heterocycles. The zero-order valence-electron chi connectivity index (χ0n) is 21.9. The van der Waals surface area contributed by atoms with Gasteiger partial charge in [0.2, 0.25) is 0 Å². The standard InChI is InChI=1S/C21H24O2.C10H14O4/c1-5-15-22-19-11-7-17(8-12-19)21(3,4)18-9-13-20(14-10-18)23-16-6-2;1-3-13-9(11)7-5-6-8-10(12)14-4-2/h5-14H,1-2,15-16H2,3-4H3;3-4H,1-2,5-8H2. The summed E-state index contributed by atoms with van der Waals surface area (Å²) in [6.07, 6.45) is 7.43. The number of carbonyl (C=O) groups excluding carboxylic acids is 2.